The number of rotatable bonds is 3. The third-order valence-electron chi connectivity index (χ3n) is 2.55. The van der Waals surface area contributed by atoms with Crippen LogP contribution in [0.1, 0.15) is 5.56 Å². The highest BCUT2D eigenvalue weighted by molar-refractivity contribution is 6.28. The van der Waals surface area contributed by atoms with Crippen molar-refractivity contribution in [1.29, 1.82) is 0 Å². The average Bonchev–Trinajstić information content (AvgIpc) is 2.45. The van der Waals surface area contributed by atoms with Gasteiger partial charge in [0.2, 0.25) is 5.28 Å². The Labute approximate surface area is 113 Å². The van der Waals surface area contributed by atoms with Crippen LogP contribution < -0.4 is 5.32 Å². The molecule has 0 unspecified atom stereocenters. The molecule has 0 spiro atoms. The normalized spacial score (nSPS) is 10.6. The van der Waals surface area contributed by atoms with Crippen LogP contribution in [0.25, 0.3) is 10.9 Å². The van der Waals surface area contributed by atoms with Crippen molar-refractivity contribution < 1.29 is 0 Å². The minimum absolute atomic E-state index is 0.187. The third kappa shape index (κ3) is 2.58. The maximum atomic E-state index is 5.89. The summed E-state index contributed by atoms with van der Waals surface area (Å²) >= 11 is 5.89. The summed E-state index contributed by atoms with van der Waals surface area (Å²) in [5.74, 6) is 0.668. The van der Waals surface area contributed by atoms with E-state index in [0.717, 1.165) is 10.9 Å². The van der Waals surface area contributed by atoms with Crippen LogP contribution in [0.2, 0.25) is 5.28 Å². The number of halogens is 1. The first kappa shape index (κ1) is 11.7. The van der Waals surface area contributed by atoms with E-state index < -0.39 is 0 Å². The van der Waals surface area contributed by atoms with Crippen LogP contribution in [0, 0.1) is 0 Å². The van der Waals surface area contributed by atoms with E-state index >= 15 is 0 Å². The predicted molar refractivity (Wildman–Crippen MR) is 71.7 cm³/mol. The molecule has 0 atom stereocenters. The molecule has 94 valence electrons. The monoisotopic (exact) mass is 272 g/mol. The highest BCUT2D eigenvalue weighted by Gasteiger charge is 2.06. The third-order valence-corrected chi connectivity index (χ3v) is 2.71. The maximum absolute atomic E-state index is 5.89. The standard InChI is InChI=1S/C12H9ClN6/c13-12-18-10-6-14-2-1-9(10)11(19-12)17-5-8-3-15-7-16-4-8/h1-4,6-7H,5H2,(H,17,18,19). The first-order valence-electron chi connectivity index (χ1n) is 5.58. The van der Waals surface area contributed by atoms with Crippen molar-refractivity contribution in [2.24, 2.45) is 0 Å². The van der Waals surface area contributed by atoms with Crippen molar-refractivity contribution in [3.8, 4) is 0 Å². The summed E-state index contributed by atoms with van der Waals surface area (Å²) in [4.78, 5) is 20.2. The molecule has 0 saturated carbocycles. The first-order chi connectivity index (χ1) is 9.33. The van der Waals surface area contributed by atoms with Crippen LogP contribution in [-0.2, 0) is 6.54 Å². The molecule has 0 aliphatic rings. The van der Waals surface area contributed by atoms with Gasteiger partial charge in [-0.25, -0.2) is 19.9 Å². The molecule has 3 heterocycles. The molecule has 0 aliphatic carbocycles. The van der Waals surface area contributed by atoms with E-state index in [0.29, 0.717) is 17.9 Å². The fourth-order valence-electron chi connectivity index (χ4n) is 1.69. The zero-order valence-corrected chi connectivity index (χ0v) is 10.5. The molecule has 0 fully saturated rings. The molecular weight excluding hydrogens is 264 g/mol. The molecular formula is C12H9ClN6. The van der Waals surface area contributed by atoms with Gasteiger partial charge in [-0.05, 0) is 17.7 Å². The predicted octanol–water partition coefficient (Wildman–Crippen LogP) is 2.08. The van der Waals surface area contributed by atoms with Gasteiger partial charge in [0.1, 0.15) is 12.1 Å². The Balaban J connectivity index is 1.92. The molecule has 6 nitrogen and oxygen atoms in total. The molecule has 0 aliphatic heterocycles. The molecule has 7 heteroatoms. The van der Waals surface area contributed by atoms with E-state index in [1.54, 1.807) is 24.8 Å². The number of hydrogen-bond donors (Lipinski definition) is 1. The van der Waals surface area contributed by atoms with Gasteiger partial charge in [0.25, 0.3) is 0 Å². The number of hydrogen-bond acceptors (Lipinski definition) is 6. The van der Waals surface area contributed by atoms with Crippen molar-refractivity contribution >= 4 is 28.3 Å². The summed E-state index contributed by atoms with van der Waals surface area (Å²) < 4.78 is 0. The van der Waals surface area contributed by atoms with E-state index in [2.05, 4.69) is 30.2 Å². The highest BCUT2D eigenvalue weighted by Crippen LogP contribution is 2.21. The van der Waals surface area contributed by atoms with Gasteiger partial charge >= 0.3 is 0 Å². The fraction of sp³-hybridized carbons (Fsp3) is 0.0833. The largest absolute Gasteiger partial charge is 0.365 e. The smallest absolute Gasteiger partial charge is 0.224 e. The Bertz CT molecular complexity index is 703. The Hall–Kier alpha value is -2.34. The van der Waals surface area contributed by atoms with E-state index in [1.807, 2.05) is 6.07 Å². The Morgan fingerprint density at radius 3 is 2.74 bits per heavy atom. The summed E-state index contributed by atoms with van der Waals surface area (Å²) in [5, 5.41) is 4.26. The van der Waals surface area contributed by atoms with Crippen molar-refractivity contribution in [3.63, 3.8) is 0 Å². The van der Waals surface area contributed by atoms with Crippen LogP contribution in [-0.4, -0.2) is 24.9 Å². The van der Waals surface area contributed by atoms with E-state index in [4.69, 9.17) is 11.6 Å². The van der Waals surface area contributed by atoms with Gasteiger partial charge in [-0.3, -0.25) is 4.98 Å². The van der Waals surface area contributed by atoms with Gasteiger partial charge in [-0.15, -0.1) is 0 Å². The summed E-state index contributed by atoms with van der Waals surface area (Å²) in [6.45, 7) is 0.561. The number of nitrogens with zero attached hydrogens (tertiary/aromatic N) is 5. The molecule has 0 aromatic carbocycles. The number of pyridine rings is 1. The first-order valence-corrected chi connectivity index (χ1v) is 5.96. The second kappa shape index (κ2) is 5.11. The van der Waals surface area contributed by atoms with Crippen LogP contribution in [0.15, 0.2) is 37.2 Å². The molecule has 1 N–H and O–H groups in total. The van der Waals surface area contributed by atoms with Gasteiger partial charge in [-0.1, -0.05) is 0 Å². The Morgan fingerprint density at radius 1 is 1.05 bits per heavy atom. The summed E-state index contributed by atoms with van der Waals surface area (Å²) in [6.07, 6.45) is 8.32. The van der Waals surface area contributed by atoms with Gasteiger partial charge < -0.3 is 5.32 Å². The Kier molecular flexibility index (Phi) is 3.16. The van der Waals surface area contributed by atoms with Crippen LogP contribution >= 0.6 is 11.6 Å². The minimum Gasteiger partial charge on any atom is -0.365 e. The maximum Gasteiger partial charge on any atom is 0.224 e. The molecule has 3 aromatic rings. The van der Waals surface area contributed by atoms with Gasteiger partial charge in [0.15, 0.2) is 0 Å². The summed E-state index contributed by atoms with van der Waals surface area (Å²) in [5.41, 5.74) is 1.66. The fourth-order valence-corrected chi connectivity index (χ4v) is 1.87. The summed E-state index contributed by atoms with van der Waals surface area (Å²) in [7, 11) is 0. The number of nitrogens with one attached hydrogen (secondary N) is 1. The molecule has 0 radical (unpaired) electrons. The minimum atomic E-state index is 0.187. The van der Waals surface area contributed by atoms with Gasteiger partial charge in [-0.2, -0.15) is 0 Å². The second-order valence-electron chi connectivity index (χ2n) is 3.83. The van der Waals surface area contributed by atoms with Crippen LogP contribution in [0.3, 0.4) is 0 Å². The van der Waals surface area contributed by atoms with Crippen molar-refractivity contribution in [1.82, 2.24) is 24.9 Å². The summed E-state index contributed by atoms with van der Waals surface area (Å²) in [6, 6.07) is 1.84. The highest BCUT2D eigenvalue weighted by atomic mass is 35.5. The SMILES string of the molecule is Clc1nc(NCc2cncnc2)c2ccncc2n1. The lowest BCUT2D eigenvalue weighted by Gasteiger charge is -2.08. The van der Waals surface area contributed by atoms with Gasteiger partial charge in [0.05, 0.1) is 11.7 Å². The lowest BCUT2D eigenvalue weighted by atomic mass is 10.3. The van der Waals surface area contributed by atoms with Crippen molar-refractivity contribution in [2.45, 2.75) is 6.54 Å². The molecule has 3 aromatic heterocycles. The van der Waals surface area contributed by atoms with E-state index in [1.165, 1.54) is 6.33 Å². The van der Waals surface area contributed by atoms with Crippen LogP contribution in [0.5, 0.6) is 0 Å². The molecule has 0 bridgehead atoms. The van der Waals surface area contributed by atoms with Crippen molar-refractivity contribution in [3.05, 3.63) is 48.0 Å². The second-order valence-corrected chi connectivity index (χ2v) is 4.17. The molecule has 0 saturated heterocycles. The lowest BCUT2D eigenvalue weighted by Crippen LogP contribution is -2.04. The quantitative estimate of drug-likeness (QED) is 0.736. The number of fused-ring (bicyclic) bond motifs is 1. The van der Waals surface area contributed by atoms with Crippen molar-refractivity contribution in [2.75, 3.05) is 5.32 Å². The Morgan fingerprint density at radius 2 is 1.89 bits per heavy atom. The number of aromatic nitrogens is 5. The molecule has 3 rings (SSSR count). The molecule has 0 amide bonds. The number of anilines is 1. The van der Waals surface area contributed by atoms with Crippen LogP contribution in [0.4, 0.5) is 5.82 Å². The lowest BCUT2D eigenvalue weighted by molar-refractivity contribution is 1.04. The van der Waals surface area contributed by atoms with E-state index in [9.17, 15) is 0 Å². The topological polar surface area (TPSA) is 76.5 Å². The van der Waals surface area contributed by atoms with E-state index in [-0.39, 0.29) is 5.28 Å². The zero-order chi connectivity index (χ0) is 13.1. The van der Waals surface area contributed by atoms with Gasteiger partial charge in [0, 0.05) is 36.1 Å². The molecule has 19 heavy (non-hydrogen) atoms. The zero-order valence-electron chi connectivity index (χ0n) is 9.79. The average molecular weight is 273 g/mol.